The molecule has 27 heavy (non-hydrogen) atoms. The summed E-state index contributed by atoms with van der Waals surface area (Å²) < 4.78 is 11.8. The molecule has 4 nitrogen and oxygen atoms in total. The molecule has 0 bridgehead atoms. The average molecular weight is 370 g/mol. The van der Waals surface area contributed by atoms with Crippen LogP contribution in [-0.2, 0) is 19.1 Å². The van der Waals surface area contributed by atoms with E-state index in [4.69, 9.17) is 9.47 Å². The second-order valence-electron chi connectivity index (χ2n) is 9.82. The number of ether oxygens (including phenoxy) is 2. The highest BCUT2D eigenvalue weighted by Crippen LogP contribution is 2.64. The first-order valence-corrected chi connectivity index (χ1v) is 10.6. The summed E-state index contributed by atoms with van der Waals surface area (Å²) in [4.78, 5) is 25.5. The van der Waals surface area contributed by atoms with Crippen molar-refractivity contribution in [3.05, 3.63) is 23.8 Å². The Bertz CT molecular complexity index is 731. The Balaban J connectivity index is 1.50. The van der Waals surface area contributed by atoms with Gasteiger partial charge in [-0.1, -0.05) is 26.0 Å². The molecule has 0 aromatic carbocycles. The van der Waals surface area contributed by atoms with E-state index in [0.717, 1.165) is 24.8 Å². The molecule has 4 aliphatic carbocycles. The van der Waals surface area contributed by atoms with E-state index < -0.39 is 0 Å². The monoisotopic (exact) mass is 370 g/mol. The molecule has 1 aliphatic heterocycles. The van der Waals surface area contributed by atoms with E-state index in [1.807, 2.05) is 0 Å². The number of fused-ring (bicyclic) bond motifs is 5. The first-order valence-electron chi connectivity index (χ1n) is 10.6. The van der Waals surface area contributed by atoms with Gasteiger partial charge in [-0.15, -0.1) is 0 Å². The molecule has 5 aliphatic rings. The van der Waals surface area contributed by atoms with Gasteiger partial charge in [-0.3, -0.25) is 9.59 Å². The van der Waals surface area contributed by atoms with E-state index in [0.29, 0.717) is 56.2 Å². The quantitative estimate of drug-likeness (QED) is 0.709. The Morgan fingerprint density at radius 3 is 2.70 bits per heavy atom. The fourth-order valence-corrected chi connectivity index (χ4v) is 7.22. The first-order chi connectivity index (χ1) is 12.9. The van der Waals surface area contributed by atoms with Crippen LogP contribution in [0.25, 0.3) is 0 Å². The third-order valence-corrected chi connectivity index (χ3v) is 8.58. The van der Waals surface area contributed by atoms with Crippen molar-refractivity contribution in [2.45, 2.75) is 52.1 Å². The van der Waals surface area contributed by atoms with Crippen LogP contribution in [0.5, 0.6) is 0 Å². The lowest BCUT2D eigenvalue weighted by molar-refractivity contribution is -0.154. The topological polar surface area (TPSA) is 52.6 Å². The Hall–Kier alpha value is -1.26. The summed E-state index contributed by atoms with van der Waals surface area (Å²) in [6.45, 7) is 6.56. The van der Waals surface area contributed by atoms with Gasteiger partial charge in [-0.05, 0) is 54.1 Å². The molecule has 1 unspecified atom stereocenters. The Labute approximate surface area is 161 Å². The molecule has 2 saturated carbocycles. The fourth-order valence-electron chi connectivity index (χ4n) is 7.22. The molecule has 0 aromatic rings. The number of hydrogen-bond acceptors (Lipinski definition) is 4. The van der Waals surface area contributed by atoms with E-state index in [1.165, 1.54) is 0 Å². The fraction of sp³-hybridized carbons (Fsp3) is 0.739. The summed E-state index contributed by atoms with van der Waals surface area (Å²) >= 11 is 0. The van der Waals surface area contributed by atoms with Gasteiger partial charge in [0.25, 0.3) is 0 Å². The molecule has 0 N–H and O–H groups in total. The van der Waals surface area contributed by atoms with Gasteiger partial charge in [-0.25, -0.2) is 0 Å². The van der Waals surface area contributed by atoms with Crippen LogP contribution < -0.4 is 0 Å². The minimum absolute atomic E-state index is 0.00395. The molecule has 0 spiro atoms. The lowest BCUT2D eigenvalue weighted by Gasteiger charge is -2.55. The van der Waals surface area contributed by atoms with Gasteiger partial charge >= 0.3 is 0 Å². The van der Waals surface area contributed by atoms with Crippen molar-refractivity contribution in [2.75, 3.05) is 19.8 Å². The Morgan fingerprint density at radius 2 is 1.93 bits per heavy atom. The van der Waals surface area contributed by atoms with Gasteiger partial charge in [0.05, 0.1) is 25.9 Å². The highest BCUT2D eigenvalue weighted by atomic mass is 16.6. The molecule has 0 aromatic heterocycles. The third-order valence-electron chi connectivity index (χ3n) is 8.58. The Kier molecular flexibility index (Phi) is 4.04. The zero-order chi connectivity index (χ0) is 18.8. The predicted molar refractivity (Wildman–Crippen MR) is 101 cm³/mol. The van der Waals surface area contributed by atoms with Gasteiger partial charge < -0.3 is 9.47 Å². The van der Waals surface area contributed by atoms with Crippen molar-refractivity contribution in [2.24, 2.45) is 34.5 Å². The average Bonchev–Trinajstić information content (AvgIpc) is 2.99. The summed E-state index contributed by atoms with van der Waals surface area (Å²) in [5.74, 6) is 1.84. The molecule has 0 radical (unpaired) electrons. The van der Waals surface area contributed by atoms with E-state index in [9.17, 15) is 9.59 Å². The van der Waals surface area contributed by atoms with Gasteiger partial charge in [0.2, 0.25) is 0 Å². The standard InChI is InChI=1S/C23H30O4/c1-22-8-7-15(24)11-14(22)3-4-16-17-5-6-18(20-13-26-9-10-27-20)23(17,2)12-19(25)21(16)22/h3-4,11,16-18,20-21H,5-10,12-13H2,1-2H3/t16-,17-,18+,20?,21+,22-,23-/m0/s1. The minimum atomic E-state index is -0.172. The summed E-state index contributed by atoms with van der Waals surface area (Å²) in [7, 11) is 0. The zero-order valence-corrected chi connectivity index (χ0v) is 16.4. The lowest BCUT2D eigenvalue weighted by atomic mass is 9.48. The van der Waals surface area contributed by atoms with Gasteiger partial charge in [-0.2, -0.15) is 0 Å². The molecule has 4 heteroatoms. The second kappa shape index (κ2) is 6.12. The van der Waals surface area contributed by atoms with Crippen molar-refractivity contribution < 1.29 is 19.1 Å². The molecule has 0 amide bonds. The van der Waals surface area contributed by atoms with Gasteiger partial charge in [0.1, 0.15) is 5.78 Å². The highest BCUT2D eigenvalue weighted by Gasteiger charge is 2.62. The summed E-state index contributed by atoms with van der Waals surface area (Å²) in [6.07, 6.45) is 10.6. The van der Waals surface area contributed by atoms with Crippen LogP contribution in [0.1, 0.15) is 46.0 Å². The van der Waals surface area contributed by atoms with Crippen molar-refractivity contribution in [1.82, 2.24) is 0 Å². The van der Waals surface area contributed by atoms with Crippen LogP contribution >= 0.6 is 0 Å². The summed E-state index contributed by atoms with van der Waals surface area (Å²) in [6, 6.07) is 0. The maximum absolute atomic E-state index is 13.5. The SMILES string of the molecule is C[C@]12CC(=O)[C@H]3[C@@H](C=CC4=CC(=O)CC[C@@]43C)[C@@H]1CC[C@@H]2C1COCCO1. The molecular weight excluding hydrogens is 340 g/mol. The number of allylic oxidation sites excluding steroid dienone is 4. The molecule has 1 saturated heterocycles. The third kappa shape index (κ3) is 2.49. The number of hydrogen-bond donors (Lipinski definition) is 0. The number of ketones is 2. The molecule has 3 fully saturated rings. The molecule has 7 atom stereocenters. The van der Waals surface area contributed by atoms with Crippen molar-refractivity contribution >= 4 is 11.6 Å². The van der Waals surface area contributed by atoms with Gasteiger partial charge in [0.15, 0.2) is 5.78 Å². The van der Waals surface area contributed by atoms with Crippen molar-refractivity contribution in [1.29, 1.82) is 0 Å². The number of rotatable bonds is 1. The Morgan fingerprint density at radius 1 is 1.11 bits per heavy atom. The van der Waals surface area contributed by atoms with Crippen LogP contribution in [0, 0.1) is 34.5 Å². The summed E-state index contributed by atoms with van der Waals surface area (Å²) in [5.41, 5.74) is 0.903. The first kappa shape index (κ1) is 17.8. The second-order valence-corrected chi connectivity index (χ2v) is 9.82. The lowest BCUT2D eigenvalue weighted by Crippen LogP contribution is -2.55. The maximum atomic E-state index is 13.5. The normalized spacial score (nSPS) is 49.3. The van der Waals surface area contributed by atoms with E-state index in [-0.39, 0.29) is 28.6 Å². The smallest absolute Gasteiger partial charge is 0.156 e. The van der Waals surface area contributed by atoms with Crippen LogP contribution in [0.4, 0.5) is 0 Å². The van der Waals surface area contributed by atoms with E-state index >= 15 is 0 Å². The van der Waals surface area contributed by atoms with Crippen molar-refractivity contribution in [3.8, 4) is 0 Å². The number of carbonyl (C=O) groups is 2. The maximum Gasteiger partial charge on any atom is 0.156 e. The number of carbonyl (C=O) groups excluding carboxylic acids is 2. The van der Waals surface area contributed by atoms with E-state index in [1.54, 1.807) is 6.08 Å². The zero-order valence-electron chi connectivity index (χ0n) is 16.4. The molecule has 1 heterocycles. The highest BCUT2D eigenvalue weighted by molar-refractivity contribution is 5.93. The van der Waals surface area contributed by atoms with Gasteiger partial charge in [0, 0.05) is 24.2 Å². The molecular formula is C23H30O4. The molecule has 146 valence electrons. The number of Topliss-reactive ketones (excluding diaryl/α,β-unsaturated/α-hetero) is 1. The minimum Gasteiger partial charge on any atom is -0.376 e. The largest absolute Gasteiger partial charge is 0.376 e. The van der Waals surface area contributed by atoms with Crippen LogP contribution in [0.15, 0.2) is 23.8 Å². The van der Waals surface area contributed by atoms with Crippen LogP contribution in [0.2, 0.25) is 0 Å². The van der Waals surface area contributed by atoms with Crippen LogP contribution in [0.3, 0.4) is 0 Å². The summed E-state index contributed by atoms with van der Waals surface area (Å²) in [5, 5.41) is 0. The van der Waals surface area contributed by atoms with E-state index in [2.05, 4.69) is 26.0 Å². The van der Waals surface area contributed by atoms with Crippen molar-refractivity contribution in [3.63, 3.8) is 0 Å². The predicted octanol–water partition coefficient (Wildman–Crippen LogP) is 3.50. The molecule has 5 rings (SSSR count). The van der Waals surface area contributed by atoms with Crippen LogP contribution in [-0.4, -0.2) is 37.5 Å².